The Bertz CT molecular complexity index is 1740. The summed E-state index contributed by atoms with van der Waals surface area (Å²) in [6.07, 6.45) is 1.08. The lowest BCUT2D eigenvalue weighted by atomic mass is 9.95. The fourth-order valence-corrected chi connectivity index (χ4v) is 6.69. The number of anilines is 2. The van der Waals surface area contributed by atoms with Crippen LogP contribution >= 0.6 is 11.3 Å². The van der Waals surface area contributed by atoms with Crippen LogP contribution in [0.3, 0.4) is 0 Å². The van der Waals surface area contributed by atoms with Gasteiger partial charge < -0.3 is 34.9 Å². The van der Waals surface area contributed by atoms with Crippen LogP contribution in [-0.4, -0.2) is 57.2 Å². The van der Waals surface area contributed by atoms with E-state index < -0.39 is 24.0 Å². The summed E-state index contributed by atoms with van der Waals surface area (Å²) in [7, 11) is 5.89. The maximum absolute atomic E-state index is 13.9. The minimum Gasteiger partial charge on any atom is -0.493 e. The molecule has 2 atom stereocenters. The van der Waals surface area contributed by atoms with Crippen molar-refractivity contribution in [1.29, 1.82) is 0 Å². The Morgan fingerprint density at radius 3 is 2.26 bits per heavy atom. The largest absolute Gasteiger partial charge is 0.493 e. The summed E-state index contributed by atoms with van der Waals surface area (Å²) >= 11 is 1.20. The number of fused-ring (bicyclic) bond motifs is 3. The molecule has 0 unspecified atom stereocenters. The van der Waals surface area contributed by atoms with Crippen molar-refractivity contribution in [2.24, 2.45) is 5.92 Å². The maximum Gasteiger partial charge on any atom is 0.357 e. The molecule has 0 fully saturated rings. The number of amides is 2. The van der Waals surface area contributed by atoms with Crippen LogP contribution in [0.2, 0.25) is 0 Å². The van der Waals surface area contributed by atoms with E-state index >= 15 is 0 Å². The average Bonchev–Trinajstić information content (AvgIpc) is 3.32. The molecule has 0 aliphatic heterocycles. The van der Waals surface area contributed by atoms with E-state index in [-0.39, 0.29) is 39.7 Å². The summed E-state index contributed by atoms with van der Waals surface area (Å²) < 4.78 is 22.0. The number of aryl methyl sites for hydroxylation is 1. The molecule has 1 aromatic heterocycles. The lowest BCUT2D eigenvalue weighted by Crippen LogP contribution is -2.39. The van der Waals surface area contributed by atoms with Crippen molar-refractivity contribution in [3.63, 3.8) is 0 Å². The Morgan fingerprint density at radius 1 is 0.979 bits per heavy atom. The monoisotopic (exact) mass is 666 g/mol. The summed E-state index contributed by atoms with van der Waals surface area (Å²) in [6.45, 7) is 9.00. The standard InChI is InChI=1S/C34H42N4O8S/c1-16(2)27(32(41)38-34-37-28(33(42)46-9)31(47-34)17(3)4)36-23-13-11-20-21(15-24(23)40)22(35-18(5)39)12-10-19-14-25(43-6)29(44-7)30(45-8)26(19)20/h11,13-17,22,27H,10,12H2,1-9H3,(H,35,39)(H,36,40)(H,37,38,41)/t22-,27+/m0/s1. The number of carbonyl (C=O) groups excluding carboxylic acids is 3. The van der Waals surface area contributed by atoms with E-state index in [0.717, 1.165) is 11.1 Å². The number of carbonyl (C=O) groups is 3. The number of nitrogens with one attached hydrogen (secondary N) is 3. The number of rotatable bonds is 11. The number of esters is 1. The van der Waals surface area contributed by atoms with E-state index in [1.165, 1.54) is 45.7 Å². The Labute approximate surface area is 278 Å². The van der Waals surface area contributed by atoms with Gasteiger partial charge in [0.1, 0.15) is 6.04 Å². The topological polar surface area (TPSA) is 154 Å². The first-order chi connectivity index (χ1) is 22.3. The number of benzene rings is 1. The van der Waals surface area contributed by atoms with Gasteiger partial charge in [-0.1, -0.05) is 33.8 Å². The number of ether oxygens (including phenoxy) is 4. The first-order valence-corrected chi connectivity index (χ1v) is 16.1. The van der Waals surface area contributed by atoms with E-state index in [4.69, 9.17) is 18.9 Å². The van der Waals surface area contributed by atoms with E-state index in [0.29, 0.717) is 46.1 Å². The van der Waals surface area contributed by atoms with Gasteiger partial charge in [-0.2, -0.15) is 0 Å². The van der Waals surface area contributed by atoms with Crippen LogP contribution in [0.4, 0.5) is 10.8 Å². The molecule has 47 heavy (non-hydrogen) atoms. The fourth-order valence-electron chi connectivity index (χ4n) is 5.73. The highest BCUT2D eigenvalue weighted by molar-refractivity contribution is 7.16. The SMILES string of the molecule is COC(=O)c1nc(NC(=O)[C@H](Nc2ccc3c(cc2=O)[C@@H](NC(C)=O)CCc2cc(OC)c(OC)c(OC)c2-3)C(C)C)sc1C(C)C. The van der Waals surface area contributed by atoms with Crippen molar-refractivity contribution in [2.75, 3.05) is 39.1 Å². The summed E-state index contributed by atoms with van der Waals surface area (Å²) in [5.74, 6) is -0.154. The first kappa shape index (κ1) is 35.2. The molecule has 13 heteroatoms. The maximum atomic E-state index is 13.9. The van der Waals surface area contributed by atoms with Gasteiger partial charge in [-0.15, -0.1) is 11.3 Å². The van der Waals surface area contributed by atoms with E-state index in [1.807, 2.05) is 33.8 Å². The molecule has 0 spiro atoms. The van der Waals surface area contributed by atoms with Gasteiger partial charge in [0, 0.05) is 17.4 Å². The third kappa shape index (κ3) is 7.35. The predicted molar refractivity (Wildman–Crippen MR) is 181 cm³/mol. The van der Waals surface area contributed by atoms with Crippen LogP contribution < -0.4 is 35.6 Å². The number of hydrogen-bond donors (Lipinski definition) is 3. The van der Waals surface area contributed by atoms with Gasteiger partial charge in [0.2, 0.25) is 23.0 Å². The third-order valence-corrected chi connectivity index (χ3v) is 9.23. The van der Waals surface area contributed by atoms with Gasteiger partial charge in [-0.05, 0) is 59.6 Å². The summed E-state index contributed by atoms with van der Waals surface area (Å²) in [5.41, 5.74) is 2.88. The van der Waals surface area contributed by atoms with Crippen molar-refractivity contribution < 1.29 is 33.3 Å². The highest BCUT2D eigenvalue weighted by Gasteiger charge is 2.31. The van der Waals surface area contributed by atoms with Gasteiger partial charge in [0.25, 0.3) is 0 Å². The highest BCUT2D eigenvalue weighted by atomic mass is 32.1. The molecular weight excluding hydrogens is 624 g/mol. The zero-order chi connectivity index (χ0) is 34.6. The van der Waals surface area contributed by atoms with Crippen molar-refractivity contribution in [2.45, 2.75) is 65.5 Å². The Hall–Kier alpha value is -4.65. The molecule has 252 valence electrons. The lowest BCUT2D eigenvalue weighted by molar-refractivity contribution is -0.120. The predicted octanol–water partition coefficient (Wildman–Crippen LogP) is 5.30. The van der Waals surface area contributed by atoms with Crippen LogP contribution in [0, 0.1) is 5.92 Å². The quantitative estimate of drug-likeness (QED) is 0.230. The number of aromatic nitrogens is 1. The second-order valence-corrected chi connectivity index (χ2v) is 12.9. The van der Waals surface area contributed by atoms with Gasteiger partial charge in [-0.25, -0.2) is 9.78 Å². The molecule has 2 aromatic carbocycles. The number of methoxy groups -OCH3 is 4. The van der Waals surface area contributed by atoms with Crippen molar-refractivity contribution >= 4 is 39.9 Å². The second kappa shape index (κ2) is 14.8. The molecule has 3 aromatic rings. The molecule has 2 amide bonds. The van der Waals surface area contributed by atoms with Gasteiger partial charge in [-0.3, -0.25) is 14.4 Å². The smallest absolute Gasteiger partial charge is 0.357 e. The highest BCUT2D eigenvalue weighted by Crippen LogP contribution is 2.50. The Balaban J connectivity index is 1.80. The molecule has 1 aliphatic carbocycles. The Morgan fingerprint density at radius 2 is 1.68 bits per heavy atom. The second-order valence-electron chi connectivity index (χ2n) is 11.8. The van der Waals surface area contributed by atoms with Crippen LogP contribution in [0.1, 0.15) is 79.5 Å². The fraction of sp³-hybridized carbons (Fsp3) is 0.441. The summed E-state index contributed by atoms with van der Waals surface area (Å²) in [4.78, 5) is 57.1. The van der Waals surface area contributed by atoms with Gasteiger partial charge >= 0.3 is 5.97 Å². The van der Waals surface area contributed by atoms with Gasteiger partial charge in [0.05, 0.1) is 40.2 Å². The molecule has 0 bridgehead atoms. The minimum absolute atomic E-state index is 0.0139. The van der Waals surface area contributed by atoms with Crippen molar-refractivity contribution in [1.82, 2.24) is 10.3 Å². The number of hydrogen-bond acceptors (Lipinski definition) is 11. The molecule has 12 nitrogen and oxygen atoms in total. The lowest BCUT2D eigenvalue weighted by Gasteiger charge is -2.21. The molecule has 0 saturated heterocycles. The minimum atomic E-state index is -0.838. The third-order valence-electron chi connectivity index (χ3n) is 7.96. The van der Waals surface area contributed by atoms with E-state index in [2.05, 4.69) is 20.9 Å². The molecule has 1 aliphatic rings. The summed E-state index contributed by atoms with van der Waals surface area (Å²) in [5, 5.41) is 9.22. The number of nitrogens with zero attached hydrogens (tertiary/aromatic N) is 1. The molecule has 0 radical (unpaired) electrons. The van der Waals surface area contributed by atoms with Crippen LogP contribution in [0.25, 0.3) is 11.1 Å². The van der Waals surface area contributed by atoms with Gasteiger partial charge in [0.15, 0.2) is 22.3 Å². The average molecular weight is 667 g/mol. The molecule has 0 saturated carbocycles. The molecule has 1 heterocycles. The van der Waals surface area contributed by atoms with E-state index in [9.17, 15) is 19.2 Å². The van der Waals surface area contributed by atoms with Crippen LogP contribution in [0.15, 0.2) is 29.1 Å². The number of thiazole rings is 1. The van der Waals surface area contributed by atoms with Crippen LogP contribution in [0.5, 0.6) is 17.2 Å². The molecule has 3 N–H and O–H groups in total. The first-order valence-electron chi connectivity index (χ1n) is 15.3. The summed E-state index contributed by atoms with van der Waals surface area (Å²) in [6, 6.07) is 5.50. The molecular formula is C34H42N4O8S. The van der Waals surface area contributed by atoms with Crippen molar-refractivity contribution in [3.05, 3.63) is 56.2 Å². The normalized spacial score (nSPS) is 14.3. The Kier molecular flexibility index (Phi) is 11.1. The zero-order valence-electron chi connectivity index (χ0n) is 28.2. The van der Waals surface area contributed by atoms with Crippen molar-refractivity contribution in [3.8, 4) is 28.4 Å². The zero-order valence-corrected chi connectivity index (χ0v) is 29.0. The van der Waals surface area contributed by atoms with E-state index in [1.54, 1.807) is 19.2 Å². The van der Waals surface area contributed by atoms with Crippen LogP contribution in [-0.2, 0) is 20.7 Å². The molecule has 4 rings (SSSR count).